The molecule has 3 heterocycles. The Morgan fingerprint density at radius 3 is 2.65 bits per heavy atom. The van der Waals surface area contributed by atoms with E-state index in [1.165, 1.54) is 24.4 Å². The lowest BCUT2D eigenvalue weighted by Gasteiger charge is -2.10. The fraction of sp³-hybridized carbons (Fsp3) is 0.286. The van der Waals surface area contributed by atoms with Crippen molar-refractivity contribution in [2.24, 2.45) is 0 Å². The molecule has 0 spiro atoms. The van der Waals surface area contributed by atoms with Crippen molar-refractivity contribution in [2.75, 3.05) is 18.2 Å². The number of methoxy groups -OCH3 is 1. The lowest BCUT2D eigenvalue weighted by Crippen LogP contribution is -2.14. The number of aryl methyl sites for hydroxylation is 4. The fourth-order valence-electron chi connectivity index (χ4n) is 3.54. The van der Waals surface area contributed by atoms with Crippen LogP contribution in [0.5, 0.6) is 0 Å². The van der Waals surface area contributed by atoms with Crippen molar-refractivity contribution in [2.45, 2.75) is 32.9 Å². The van der Waals surface area contributed by atoms with Crippen LogP contribution in [0.3, 0.4) is 0 Å². The molecule has 0 fully saturated rings. The number of nitrogens with one attached hydrogen (secondary N) is 1. The molecule has 1 N–H and O–H groups in total. The summed E-state index contributed by atoms with van der Waals surface area (Å²) < 4.78 is 6.75. The van der Waals surface area contributed by atoms with Crippen molar-refractivity contribution in [1.29, 1.82) is 0 Å². The molecule has 0 saturated carbocycles. The number of thioether (sulfide) groups is 1. The van der Waals surface area contributed by atoms with E-state index in [1.807, 2.05) is 11.3 Å². The lowest BCUT2D eigenvalue weighted by atomic mass is 10.1. The zero-order valence-electron chi connectivity index (χ0n) is 17.8. The van der Waals surface area contributed by atoms with E-state index in [1.54, 1.807) is 6.92 Å². The van der Waals surface area contributed by atoms with Crippen LogP contribution in [0.1, 0.15) is 32.1 Å². The second-order valence-corrected chi connectivity index (χ2v) is 9.19. The minimum Gasteiger partial charge on any atom is -0.465 e. The van der Waals surface area contributed by atoms with E-state index in [0.29, 0.717) is 20.9 Å². The van der Waals surface area contributed by atoms with E-state index in [2.05, 4.69) is 52.5 Å². The average Bonchev–Trinajstić information content (AvgIpc) is 3.29. The number of benzene rings is 1. The molecule has 3 aromatic heterocycles. The summed E-state index contributed by atoms with van der Waals surface area (Å²) in [5.74, 6) is -0.572. The van der Waals surface area contributed by atoms with Crippen LogP contribution in [-0.4, -0.2) is 44.3 Å². The molecule has 0 aliphatic heterocycles. The molecule has 0 aliphatic rings. The zero-order valence-corrected chi connectivity index (χ0v) is 19.4. The Balaban J connectivity index is 1.58. The van der Waals surface area contributed by atoms with Gasteiger partial charge in [0.1, 0.15) is 4.88 Å². The number of nitrogens with zero attached hydrogens (tertiary/aromatic N) is 4. The Hall–Kier alpha value is -2.98. The van der Waals surface area contributed by atoms with Gasteiger partial charge in [-0.3, -0.25) is 9.20 Å². The van der Waals surface area contributed by atoms with Crippen LogP contribution in [0, 0.1) is 27.7 Å². The van der Waals surface area contributed by atoms with Crippen molar-refractivity contribution >= 4 is 56.7 Å². The number of hydrogen-bond acceptors (Lipinski definition) is 8. The summed E-state index contributed by atoms with van der Waals surface area (Å²) in [6, 6.07) is 6.38. The van der Waals surface area contributed by atoms with Crippen molar-refractivity contribution in [3.63, 3.8) is 0 Å². The van der Waals surface area contributed by atoms with Gasteiger partial charge in [-0.1, -0.05) is 34.7 Å². The number of carbonyl (C=O) groups excluding carboxylic acids is 2. The molecule has 160 valence electrons. The topological polar surface area (TPSA) is 98.5 Å². The molecular weight excluding hydrogens is 434 g/mol. The number of fused-ring (bicyclic) bond motifs is 3. The number of ether oxygens (including phenoxy) is 1. The smallest absolute Gasteiger partial charge is 0.350 e. The number of thiazole rings is 1. The highest BCUT2D eigenvalue weighted by molar-refractivity contribution is 7.99. The van der Waals surface area contributed by atoms with Gasteiger partial charge in [0.25, 0.3) is 0 Å². The summed E-state index contributed by atoms with van der Waals surface area (Å²) in [6.45, 7) is 7.85. The van der Waals surface area contributed by atoms with Crippen LogP contribution >= 0.6 is 23.1 Å². The molecule has 0 radical (unpaired) electrons. The maximum atomic E-state index is 12.5. The van der Waals surface area contributed by atoms with Gasteiger partial charge in [0.15, 0.2) is 15.9 Å². The monoisotopic (exact) mass is 455 g/mol. The number of carbonyl (C=O) groups is 2. The minimum absolute atomic E-state index is 0.132. The minimum atomic E-state index is -0.465. The first-order valence-electron chi connectivity index (χ1n) is 9.52. The van der Waals surface area contributed by atoms with E-state index < -0.39 is 5.97 Å². The average molecular weight is 456 g/mol. The van der Waals surface area contributed by atoms with E-state index >= 15 is 0 Å². The van der Waals surface area contributed by atoms with Crippen LogP contribution in [0.25, 0.3) is 16.6 Å². The molecule has 0 saturated heterocycles. The predicted octanol–water partition coefficient (Wildman–Crippen LogP) is 4.09. The quantitative estimate of drug-likeness (QED) is 0.357. The molecule has 8 nitrogen and oxygen atoms in total. The third kappa shape index (κ3) is 4.00. The van der Waals surface area contributed by atoms with Crippen molar-refractivity contribution in [1.82, 2.24) is 19.6 Å². The molecule has 4 aromatic rings. The third-order valence-corrected chi connectivity index (χ3v) is 6.78. The standard InChI is InChI=1S/C21H21N5O3S2/c1-10-6-11(2)16-14(7-10)8-12(3)18-24-25-21(26(16)18)30-9-15(27)23-20-22-13(4)17(31-20)19(28)29-5/h6-8H,9H2,1-5H3,(H,22,23,27). The summed E-state index contributed by atoms with van der Waals surface area (Å²) in [5, 5.41) is 13.5. The molecule has 1 amide bonds. The lowest BCUT2D eigenvalue weighted by molar-refractivity contribution is -0.113. The van der Waals surface area contributed by atoms with E-state index in [9.17, 15) is 9.59 Å². The highest BCUT2D eigenvalue weighted by Crippen LogP contribution is 2.29. The molecule has 4 rings (SSSR count). The zero-order chi connectivity index (χ0) is 22.3. The number of hydrogen-bond donors (Lipinski definition) is 1. The number of esters is 1. The first-order valence-corrected chi connectivity index (χ1v) is 11.3. The summed E-state index contributed by atoms with van der Waals surface area (Å²) >= 11 is 2.40. The number of aromatic nitrogens is 4. The Labute approximate surface area is 187 Å². The SMILES string of the molecule is COC(=O)c1sc(NC(=O)CSc2nnc3c(C)cc4cc(C)cc(C)c4n23)nc1C. The van der Waals surface area contributed by atoms with Crippen LogP contribution in [0.4, 0.5) is 5.13 Å². The maximum absolute atomic E-state index is 12.5. The molecule has 1 aromatic carbocycles. The second-order valence-electron chi connectivity index (χ2n) is 7.25. The molecule has 0 unspecified atom stereocenters. The molecule has 10 heteroatoms. The normalized spacial score (nSPS) is 11.3. The molecule has 31 heavy (non-hydrogen) atoms. The van der Waals surface area contributed by atoms with Gasteiger partial charge < -0.3 is 10.1 Å². The Morgan fingerprint density at radius 2 is 1.90 bits per heavy atom. The van der Waals surface area contributed by atoms with E-state index in [-0.39, 0.29) is 11.7 Å². The van der Waals surface area contributed by atoms with Gasteiger partial charge in [0.2, 0.25) is 5.91 Å². The van der Waals surface area contributed by atoms with Gasteiger partial charge >= 0.3 is 5.97 Å². The second kappa shape index (κ2) is 8.27. The van der Waals surface area contributed by atoms with Crippen LogP contribution < -0.4 is 5.32 Å². The Kier molecular flexibility index (Phi) is 5.67. The summed E-state index contributed by atoms with van der Waals surface area (Å²) in [4.78, 5) is 28.8. The molecule has 0 atom stereocenters. The molecule has 0 bridgehead atoms. The van der Waals surface area contributed by atoms with Gasteiger partial charge in [-0.15, -0.1) is 10.2 Å². The van der Waals surface area contributed by atoms with Gasteiger partial charge in [-0.2, -0.15) is 0 Å². The first-order chi connectivity index (χ1) is 14.8. The number of amides is 1. The van der Waals surface area contributed by atoms with Gasteiger partial charge in [-0.05, 0) is 56.3 Å². The summed E-state index contributed by atoms with van der Waals surface area (Å²) in [7, 11) is 1.31. The first kappa shape index (κ1) is 21.3. The van der Waals surface area contributed by atoms with Crippen LogP contribution in [0.2, 0.25) is 0 Å². The van der Waals surface area contributed by atoms with E-state index in [4.69, 9.17) is 4.74 Å². The highest BCUT2D eigenvalue weighted by Gasteiger charge is 2.18. The summed E-state index contributed by atoms with van der Waals surface area (Å²) in [5.41, 5.74) is 5.68. The van der Waals surface area contributed by atoms with Crippen LogP contribution in [0.15, 0.2) is 23.4 Å². The number of rotatable bonds is 5. The van der Waals surface area contributed by atoms with Crippen LogP contribution in [-0.2, 0) is 9.53 Å². The number of pyridine rings is 1. The molecule has 0 aliphatic carbocycles. The van der Waals surface area contributed by atoms with E-state index in [0.717, 1.165) is 39.0 Å². The van der Waals surface area contributed by atoms with Crippen molar-refractivity contribution in [3.05, 3.63) is 45.5 Å². The predicted molar refractivity (Wildman–Crippen MR) is 122 cm³/mol. The Morgan fingerprint density at radius 1 is 1.13 bits per heavy atom. The summed E-state index contributed by atoms with van der Waals surface area (Å²) in [6.07, 6.45) is 0. The highest BCUT2D eigenvalue weighted by atomic mass is 32.2. The van der Waals surface area contributed by atoms with Crippen molar-refractivity contribution < 1.29 is 14.3 Å². The van der Waals surface area contributed by atoms with Gasteiger partial charge in [0.05, 0.1) is 24.1 Å². The van der Waals surface area contributed by atoms with Gasteiger partial charge in [-0.25, -0.2) is 9.78 Å². The third-order valence-electron chi connectivity index (χ3n) is 4.80. The Bertz CT molecular complexity index is 1340. The fourth-order valence-corrected chi connectivity index (χ4v) is 5.18. The molecular formula is C21H21N5O3S2. The largest absolute Gasteiger partial charge is 0.465 e. The van der Waals surface area contributed by atoms with Crippen molar-refractivity contribution in [3.8, 4) is 0 Å². The maximum Gasteiger partial charge on any atom is 0.350 e. The van der Waals surface area contributed by atoms with Gasteiger partial charge in [0, 0.05) is 0 Å². The number of anilines is 1.